The van der Waals surface area contributed by atoms with E-state index < -0.39 is 0 Å². The van der Waals surface area contributed by atoms with Crippen LogP contribution < -0.4 is 10.6 Å². The maximum absolute atomic E-state index is 6.00. The Bertz CT molecular complexity index is 792. The number of hydrogen-bond donors (Lipinski definition) is 2. The molecule has 1 aromatic carbocycles. The highest BCUT2D eigenvalue weighted by atomic mass is 35.5. The number of nitrogens with one attached hydrogen (secondary N) is 2. The molecule has 0 amide bonds. The number of hydrogen-bond acceptors (Lipinski definition) is 5. The molecule has 23 heavy (non-hydrogen) atoms. The Morgan fingerprint density at radius 1 is 1.04 bits per heavy atom. The van der Waals surface area contributed by atoms with Gasteiger partial charge < -0.3 is 10.6 Å². The lowest BCUT2D eigenvalue weighted by Crippen LogP contribution is -2.05. The van der Waals surface area contributed by atoms with Crippen molar-refractivity contribution >= 4 is 28.9 Å². The molecule has 3 aromatic rings. The van der Waals surface area contributed by atoms with Crippen molar-refractivity contribution in [2.75, 3.05) is 10.6 Å². The number of aryl methyl sites for hydroxylation is 1. The summed E-state index contributed by atoms with van der Waals surface area (Å²) < 4.78 is 0. The summed E-state index contributed by atoms with van der Waals surface area (Å²) in [7, 11) is 0. The molecule has 6 heteroatoms. The van der Waals surface area contributed by atoms with Gasteiger partial charge in [-0.15, -0.1) is 0 Å². The molecule has 0 radical (unpaired) electrons. The van der Waals surface area contributed by atoms with E-state index in [1.807, 2.05) is 55.6 Å². The number of anilines is 3. The van der Waals surface area contributed by atoms with E-state index in [9.17, 15) is 0 Å². The van der Waals surface area contributed by atoms with Crippen LogP contribution in [0.2, 0.25) is 5.02 Å². The summed E-state index contributed by atoms with van der Waals surface area (Å²) in [4.78, 5) is 12.9. The Kier molecular flexibility index (Phi) is 4.68. The molecule has 2 aromatic heterocycles. The Hall–Kier alpha value is -2.66. The van der Waals surface area contributed by atoms with Crippen LogP contribution in [-0.4, -0.2) is 15.0 Å². The standard InChI is InChI=1S/C17H16ClN5/c1-12-21-16(20-11-13-4-3-7-19-10-13)9-17(22-12)23-15-6-2-5-14(18)8-15/h2-10H,11H2,1H3,(H2,20,21,22,23). The Labute approximate surface area is 139 Å². The van der Waals surface area contributed by atoms with Crippen molar-refractivity contribution < 1.29 is 0 Å². The van der Waals surface area contributed by atoms with Gasteiger partial charge >= 0.3 is 0 Å². The number of nitrogens with zero attached hydrogens (tertiary/aromatic N) is 3. The van der Waals surface area contributed by atoms with E-state index in [0.717, 1.165) is 17.1 Å². The molecule has 116 valence electrons. The van der Waals surface area contributed by atoms with Gasteiger partial charge in [-0.25, -0.2) is 9.97 Å². The first-order valence-electron chi connectivity index (χ1n) is 7.20. The van der Waals surface area contributed by atoms with Crippen molar-refractivity contribution in [2.24, 2.45) is 0 Å². The van der Waals surface area contributed by atoms with Crippen molar-refractivity contribution in [3.8, 4) is 0 Å². The highest BCUT2D eigenvalue weighted by Crippen LogP contribution is 2.20. The Morgan fingerprint density at radius 2 is 1.91 bits per heavy atom. The second-order valence-corrected chi connectivity index (χ2v) is 5.47. The fraction of sp³-hybridized carbons (Fsp3) is 0.118. The van der Waals surface area contributed by atoms with Crippen LogP contribution in [0.1, 0.15) is 11.4 Å². The van der Waals surface area contributed by atoms with Crippen molar-refractivity contribution in [3.63, 3.8) is 0 Å². The SMILES string of the molecule is Cc1nc(NCc2cccnc2)cc(Nc2cccc(Cl)c2)n1. The number of benzene rings is 1. The molecule has 0 aliphatic rings. The highest BCUT2D eigenvalue weighted by molar-refractivity contribution is 6.30. The molecule has 0 saturated carbocycles. The second kappa shape index (κ2) is 7.07. The van der Waals surface area contributed by atoms with E-state index in [1.54, 1.807) is 6.20 Å². The van der Waals surface area contributed by atoms with Crippen molar-refractivity contribution in [3.05, 3.63) is 71.3 Å². The topological polar surface area (TPSA) is 62.7 Å². The van der Waals surface area contributed by atoms with E-state index in [-0.39, 0.29) is 0 Å². The minimum Gasteiger partial charge on any atom is -0.366 e. The lowest BCUT2D eigenvalue weighted by atomic mass is 10.3. The monoisotopic (exact) mass is 325 g/mol. The van der Waals surface area contributed by atoms with Gasteiger partial charge in [0, 0.05) is 35.7 Å². The molecule has 0 spiro atoms. The Balaban J connectivity index is 1.73. The molecule has 2 N–H and O–H groups in total. The van der Waals surface area contributed by atoms with Crippen molar-refractivity contribution in [1.82, 2.24) is 15.0 Å². The molecule has 0 unspecified atom stereocenters. The van der Waals surface area contributed by atoms with Crippen molar-refractivity contribution in [1.29, 1.82) is 0 Å². The van der Waals surface area contributed by atoms with Crippen LogP contribution in [0.15, 0.2) is 54.9 Å². The van der Waals surface area contributed by atoms with Gasteiger partial charge in [-0.05, 0) is 36.8 Å². The fourth-order valence-corrected chi connectivity index (χ4v) is 2.32. The molecule has 0 fully saturated rings. The molecule has 5 nitrogen and oxygen atoms in total. The van der Waals surface area contributed by atoms with E-state index in [0.29, 0.717) is 23.2 Å². The number of rotatable bonds is 5. The lowest BCUT2D eigenvalue weighted by Gasteiger charge is -2.10. The van der Waals surface area contributed by atoms with Crippen LogP contribution in [0.25, 0.3) is 0 Å². The summed E-state index contributed by atoms with van der Waals surface area (Å²) in [5.41, 5.74) is 1.97. The molecular weight excluding hydrogens is 310 g/mol. The van der Waals surface area contributed by atoms with Gasteiger partial charge in [0.25, 0.3) is 0 Å². The first-order chi connectivity index (χ1) is 11.2. The van der Waals surface area contributed by atoms with Crippen molar-refractivity contribution in [2.45, 2.75) is 13.5 Å². The zero-order valence-corrected chi connectivity index (χ0v) is 13.4. The quantitative estimate of drug-likeness (QED) is 0.736. The summed E-state index contributed by atoms with van der Waals surface area (Å²) >= 11 is 6.00. The first kappa shape index (κ1) is 15.2. The zero-order chi connectivity index (χ0) is 16.1. The smallest absolute Gasteiger partial charge is 0.136 e. The molecule has 0 atom stereocenters. The molecule has 0 aliphatic heterocycles. The normalized spacial score (nSPS) is 10.3. The third-order valence-electron chi connectivity index (χ3n) is 3.13. The van der Waals surface area contributed by atoms with Gasteiger partial charge in [0.05, 0.1) is 0 Å². The van der Waals surface area contributed by atoms with E-state index >= 15 is 0 Å². The minimum absolute atomic E-state index is 0.654. The molecule has 0 aliphatic carbocycles. The van der Waals surface area contributed by atoms with Gasteiger partial charge in [0.15, 0.2) is 0 Å². The van der Waals surface area contributed by atoms with Crippen LogP contribution in [0.4, 0.5) is 17.3 Å². The number of halogens is 1. The maximum atomic E-state index is 6.00. The third-order valence-corrected chi connectivity index (χ3v) is 3.37. The van der Waals surface area contributed by atoms with Gasteiger partial charge in [-0.2, -0.15) is 0 Å². The summed E-state index contributed by atoms with van der Waals surface area (Å²) in [6, 6.07) is 13.3. The predicted octanol–water partition coefficient (Wildman–Crippen LogP) is 4.19. The molecular formula is C17H16ClN5. The largest absolute Gasteiger partial charge is 0.366 e. The first-order valence-corrected chi connectivity index (χ1v) is 7.58. The summed E-state index contributed by atoms with van der Waals surface area (Å²) in [5, 5.41) is 7.19. The van der Waals surface area contributed by atoms with Gasteiger partial charge in [-0.3, -0.25) is 4.98 Å². The van der Waals surface area contributed by atoms with Crippen LogP contribution in [0, 0.1) is 6.92 Å². The molecule has 2 heterocycles. The third kappa shape index (κ3) is 4.40. The van der Waals surface area contributed by atoms with Crippen LogP contribution >= 0.6 is 11.6 Å². The molecule has 3 rings (SSSR count). The van der Waals surface area contributed by atoms with E-state index in [2.05, 4.69) is 25.6 Å². The Morgan fingerprint density at radius 3 is 2.70 bits per heavy atom. The number of pyridine rings is 1. The summed E-state index contributed by atoms with van der Waals surface area (Å²) in [5.74, 6) is 2.16. The highest BCUT2D eigenvalue weighted by Gasteiger charge is 2.03. The predicted molar refractivity (Wildman–Crippen MR) is 93.1 cm³/mol. The fourth-order valence-electron chi connectivity index (χ4n) is 2.13. The van der Waals surface area contributed by atoms with Crippen LogP contribution in [0.5, 0.6) is 0 Å². The van der Waals surface area contributed by atoms with E-state index in [1.165, 1.54) is 0 Å². The van der Waals surface area contributed by atoms with Gasteiger partial charge in [-0.1, -0.05) is 23.7 Å². The zero-order valence-electron chi connectivity index (χ0n) is 12.6. The number of aromatic nitrogens is 3. The average Bonchev–Trinajstić information content (AvgIpc) is 2.53. The molecule has 0 bridgehead atoms. The van der Waals surface area contributed by atoms with Gasteiger partial charge in [0.1, 0.15) is 17.5 Å². The summed E-state index contributed by atoms with van der Waals surface area (Å²) in [6.45, 7) is 2.51. The lowest BCUT2D eigenvalue weighted by molar-refractivity contribution is 1.02. The molecule has 0 saturated heterocycles. The van der Waals surface area contributed by atoms with Gasteiger partial charge in [0.2, 0.25) is 0 Å². The second-order valence-electron chi connectivity index (χ2n) is 5.04. The van der Waals surface area contributed by atoms with E-state index in [4.69, 9.17) is 11.6 Å². The van der Waals surface area contributed by atoms with Crippen LogP contribution in [0.3, 0.4) is 0 Å². The van der Waals surface area contributed by atoms with Crippen LogP contribution in [-0.2, 0) is 6.54 Å². The average molecular weight is 326 g/mol. The summed E-state index contributed by atoms with van der Waals surface area (Å²) in [6.07, 6.45) is 3.58. The minimum atomic E-state index is 0.654. The maximum Gasteiger partial charge on any atom is 0.136 e.